The molecule has 0 heterocycles. The van der Waals surface area contributed by atoms with Crippen molar-refractivity contribution in [1.29, 1.82) is 0 Å². The van der Waals surface area contributed by atoms with Gasteiger partial charge in [-0.15, -0.1) is 0 Å². The topological polar surface area (TPSA) is 58.2 Å². The third-order valence-corrected chi connectivity index (χ3v) is 3.53. The van der Waals surface area contributed by atoms with E-state index in [9.17, 15) is 9.59 Å². The van der Waals surface area contributed by atoms with Gasteiger partial charge in [0.15, 0.2) is 0 Å². The Hall–Kier alpha value is -1.07. The van der Waals surface area contributed by atoms with Gasteiger partial charge in [-0.2, -0.15) is 0 Å². The molecule has 1 atom stereocenters. The lowest BCUT2D eigenvalue weighted by molar-refractivity contribution is -0.122. The van der Waals surface area contributed by atoms with Gasteiger partial charge in [0.25, 0.3) is 5.91 Å². The molecule has 0 spiro atoms. The molecule has 0 aliphatic heterocycles. The fourth-order valence-electron chi connectivity index (χ4n) is 1.47. The van der Waals surface area contributed by atoms with E-state index in [1.54, 1.807) is 25.1 Å². The van der Waals surface area contributed by atoms with Crippen LogP contribution >= 0.6 is 27.5 Å². The quantitative estimate of drug-likeness (QED) is 0.847. The molecular formula is C14H18BrClN2O2. The number of halogens is 2. The third kappa shape index (κ3) is 5.13. The summed E-state index contributed by atoms with van der Waals surface area (Å²) in [4.78, 5) is 23.9. The minimum absolute atomic E-state index is 0.204. The molecule has 0 saturated carbocycles. The Morgan fingerprint density at radius 1 is 1.30 bits per heavy atom. The molecule has 2 amide bonds. The average molecular weight is 362 g/mol. The summed E-state index contributed by atoms with van der Waals surface area (Å²) in [6, 6.07) is 4.33. The normalized spacial score (nSPS) is 12.1. The van der Waals surface area contributed by atoms with E-state index in [1.807, 2.05) is 13.8 Å². The van der Waals surface area contributed by atoms with E-state index in [0.717, 1.165) is 0 Å². The molecule has 1 unspecified atom stereocenters. The van der Waals surface area contributed by atoms with E-state index in [-0.39, 0.29) is 11.8 Å². The van der Waals surface area contributed by atoms with E-state index in [4.69, 9.17) is 11.6 Å². The predicted molar refractivity (Wildman–Crippen MR) is 83.9 cm³/mol. The van der Waals surface area contributed by atoms with Gasteiger partial charge in [0.1, 0.15) is 6.04 Å². The summed E-state index contributed by atoms with van der Waals surface area (Å²) in [5.41, 5.74) is 0.404. The number of hydrogen-bond acceptors (Lipinski definition) is 2. The Labute approximate surface area is 132 Å². The molecule has 0 bridgehead atoms. The molecule has 0 fully saturated rings. The number of benzene rings is 1. The summed E-state index contributed by atoms with van der Waals surface area (Å²) < 4.78 is 0.634. The second-order valence-corrected chi connectivity index (χ2v) is 6.25. The van der Waals surface area contributed by atoms with E-state index in [0.29, 0.717) is 27.5 Å². The summed E-state index contributed by atoms with van der Waals surface area (Å²) in [5, 5.41) is 5.89. The highest BCUT2D eigenvalue weighted by Crippen LogP contribution is 2.21. The standard InChI is InChI=1S/C14H18BrClN2O2/c1-8(2)7-17-13(19)9(3)18-14(20)11-6-10(16)4-5-12(11)15/h4-6,8-9H,7H2,1-3H3,(H,17,19)(H,18,20). The zero-order valence-electron chi connectivity index (χ0n) is 11.7. The largest absolute Gasteiger partial charge is 0.354 e. The summed E-state index contributed by atoms with van der Waals surface area (Å²) in [7, 11) is 0. The van der Waals surface area contributed by atoms with E-state index >= 15 is 0 Å². The smallest absolute Gasteiger partial charge is 0.253 e. The molecule has 0 saturated heterocycles. The molecule has 1 aromatic rings. The van der Waals surface area contributed by atoms with Gasteiger partial charge in [-0.05, 0) is 47.0 Å². The van der Waals surface area contributed by atoms with Crippen LogP contribution < -0.4 is 10.6 Å². The number of nitrogens with one attached hydrogen (secondary N) is 2. The van der Waals surface area contributed by atoms with Crippen molar-refractivity contribution in [3.05, 3.63) is 33.3 Å². The van der Waals surface area contributed by atoms with Gasteiger partial charge in [-0.3, -0.25) is 9.59 Å². The van der Waals surface area contributed by atoms with Gasteiger partial charge in [0, 0.05) is 16.0 Å². The first-order valence-corrected chi connectivity index (χ1v) is 7.52. The van der Waals surface area contributed by atoms with Crippen LogP contribution in [0.25, 0.3) is 0 Å². The minimum Gasteiger partial charge on any atom is -0.354 e. The molecule has 4 nitrogen and oxygen atoms in total. The minimum atomic E-state index is -0.605. The lowest BCUT2D eigenvalue weighted by Crippen LogP contribution is -2.45. The maximum Gasteiger partial charge on any atom is 0.253 e. The third-order valence-electron chi connectivity index (χ3n) is 2.60. The Morgan fingerprint density at radius 2 is 1.95 bits per heavy atom. The van der Waals surface area contributed by atoms with Gasteiger partial charge in [-0.25, -0.2) is 0 Å². The van der Waals surface area contributed by atoms with Crippen molar-refractivity contribution in [2.24, 2.45) is 5.92 Å². The van der Waals surface area contributed by atoms with Crippen LogP contribution in [0.1, 0.15) is 31.1 Å². The van der Waals surface area contributed by atoms with Crippen molar-refractivity contribution in [3.8, 4) is 0 Å². The Bertz CT molecular complexity index is 506. The fourth-order valence-corrected chi connectivity index (χ4v) is 2.07. The van der Waals surface area contributed by atoms with Crippen molar-refractivity contribution < 1.29 is 9.59 Å². The van der Waals surface area contributed by atoms with Gasteiger partial charge < -0.3 is 10.6 Å². The number of rotatable bonds is 5. The maximum atomic E-state index is 12.1. The number of amides is 2. The zero-order valence-corrected chi connectivity index (χ0v) is 14.0. The van der Waals surface area contributed by atoms with Crippen LogP contribution in [0.15, 0.2) is 22.7 Å². The van der Waals surface area contributed by atoms with Gasteiger partial charge in [-0.1, -0.05) is 25.4 Å². The van der Waals surface area contributed by atoms with E-state index in [1.165, 1.54) is 0 Å². The molecule has 6 heteroatoms. The van der Waals surface area contributed by atoms with Crippen LogP contribution in [-0.2, 0) is 4.79 Å². The molecule has 0 aliphatic rings. The zero-order chi connectivity index (χ0) is 15.3. The van der Waals surface area contributed by atoms with Crippen LogP contribution in [0.4, 0.5) is 0 Å². The summed E-state index contributed by atoms with van der Waals surface area (Å²) in [6.45, 7) is 6.24. The first-order valence-electron chi connectivity index (χ1n) is 6.35. The number of carbonyl (C=O) groups is 2. The molecule has 0 radical (unpaired) electrons. The highest BCUT2D eigenvalue weighted by Gasteiger charge is 2.18. The predicted octanol–water partition coefficient (Wildman–Crippen LogP) is 2.99. The number of hydrogen-bond donors (Lipinski definition) is 2. The lowest BCUT2D eigenvalue weighted by atomic mass is 10.2. The summed E-state index contributed by atoms with van der Waals surface area (Å²) in [5.74, 6) is -0.180. The first-order chi connectivity index (χ1) is 9.31. The van der Waals surface area contributed by atoms with Crippen LogP contribution in [0, 0.1) is 5.92 Å². The molecule has 0 aliphatic carbocycles. The second kappa shape index (κ2) is 7.64. The monoisotopic (exact) mass is 360 g/mol. The van der Waals surface area contributed by atoms with Crippen molar-refractivity contribution >= 4 is 39.3 Å². The van der Waals surface area contributed by atoms with Gasteiger partial charge in [0.05, 0.1) is 5.56 Å². The molecule has 20 heavy (non-hydrogen) atoms. The average Bonchev–Trinajstić information content (AvgIpc) is 2.38. The van der Waals surface area contributed by atoms with Gasteiger partial charge >= 0.3 is 0 Å². The van der Waals surface area contributed by atoms with Crippen molar-refractivity contribution in [2.75, 3.05) is 6.54 Å². The Morgan fingerprint density at radius 3 is 2.55 bits per heavy atom. The van der Waals surface area contributed by atoms with Crippen LogP contribution in [0.5, 0.6) is 0 Å². The van der Waals surface area contributed by atoms with Crippen molar-refractivity contribution in [3.63, 3.8) is 0 Å². The lowest BCUT2D eigenvalue weighted by Gasteiger charge is -2.15. The highest BCUT2D eigenvalue weighted by molar-refractivity contribution is 9.10. The summed E-state index contributed by atoms with van der Waals surface area (Å²) in [6.07, 6.45) is 0. The van der Waals surface area contributed by atoms with E-state index < -0.39 is 6.04 Å². The van der Waals surface area contributed by atoms with E-state index in [2.05, 4.69) is 26.6 Å². The molecular weight excluding hydrogens is 344 g/mol. The van der Waals surface area contributed by atoms with Crippen LogP contribution in [0.2, 0.25) is 5.02 Å². The maximum absolute atomic E-state index is 12.1. The Balaban J connectivity index is 2.65. The fraction of sp³-hybridized carbons (Fsp3) is 0.429. The molecule has 110 valence electrons. The molecule has 1 aromatic carbocycles. The van der Waals surface area contributed by atoms with Crippen LogP contribution in [-0.4, -0.2) is 24.4 Å². The van der Waals surface area contributed by atoms with Gasteiger partial charge in [0.2, 0.25) is 5.91 Å². The number of carbonyl (C=O) groups excluding carboxylic acids is 2. The SMILES string of the molecule is CC(C)CNC(=O)C(C)NC(=O)c1cc(Cl)ccc1Br. The first kappa shape index (κ1) is 17.0. The molecule has 0 aromatic heterocycles. The summed E-state index contributed by atoms with van der Waals surface area (Å²) >= 11 is 9.15. The highest BCUT2D eigenvalue weighted by atomic mass is 79.9. The second-order valence-electron chi connectivity index (χ2n) is 4.96. The molecule has 2 N–H and O–H groups in total. The van der Waals surface area contributed by atoms with Crippen molar-refractivity contribution in [1.82, 2.24) is 10.6 Å². The molecule has 1 rings (SSSR count). The van der Waals surface area contributed by atoms with Crippen LogP contribution in [0.3, 0.4) is 0 Å². The van der Waals surface area contributed by atoms with Crippen molar-refractivity contribution in [2.45, 2.75) is 26.8 Å². The Kier molecular flexibility index (Phi) is 6.49.